The van der Waals surface area contributed by atoms with E-state index >= 15 is 0 Å². The number of piperidine rings is 1. The number of aliphatic hydroxyl groups excluding tert-OH is 1. The van der Waals surface area contributed by atoms with Crippen molar-refractivity contribution in [2.75, 3.05) is 13.1 Å². The molecule has 1 fully saturated rings. The van der Waals surface area contributed by atoms with E-state index in [0.29, 0.717) is 35.6 Å². The van der Waals surface area contributed by atoms with Gasteiger partial charge in [0, 0.05) is 24.8 Å². The van der Waals surface area contributed by atoms with Crippen molar-refractivity contribution in [1.82, 2.24) is 20.2 Å². The van der Waals surface area contributed by atoms with Crippen LogP contribution in [0, 0.1) is 13.8 Å². The summed E-state index contributed by atoms with van der Waals surface area (Å²) in [6.45, 7) is 4.17. The molecule has 0 unspecified atom stereocenters. The number of benzene rings is 1. The second kappa shape index (κ2) is 7.61. The molecule has 2 amide bonds. The SMILES string of the molecule is Cc1ncc(C(=O)N[C@@H]2CCN(C(=O)c3ccccc3)C[C@H]2O)c(C)n1. The van der Waals surface area contributed by atoms with E-state index in [1.165, 1.54) is 6.20 Å². The fourth-order valence-electron chi connectivity index (χ4n) is 3.10. The third kappa shape index (κ3) is 3.88. The molecule has 1 aromatic heterocycles. The van der Waals surface area contributed by atoms with Gasteiger partial charge >= 0.3 is 0 Å². The van der Waals surface area contributed by atoms with Gasteiger partial charge in [0.05, 0.1) is 23.4 Å². The number of hydrogen-bond donors (Lipinski definition) is 2. The second-order valence-electron chi connectivity index (χ2n) is 6.47. The van der Waals surface area contributed by atoms with Crippen LogP contribution in [0.4, 0.5) is 0 Å². The highest BCUT2D eigenvalue weighted by atomic mass is 16.3. The first kappa shape index (κ1) is 18.0. The summed E-state index contributed by atoms with van der Waals surface area (Å²) < 4.78 is 0. The molecular formula is C19H22N4O3. The molecule has 7 heteroatoms. The second-order valence-corrected chi connectivity index (χ2v) is 6.47. The highest BCUT2D eigenvalue weighted by Gasteiger charge is 2.32. The molecule has 2 heterocycles. The van der Waals surface area contributed by atoms with Gasteiger partial charge in [0.2, 0.25) is 0 Å². The third-order valence-corrected chi connectivity index (χ3v) is 4.55. The molecule has 1 saturated heterocycles. The lowest BCUT2D eigenvalue weighted by atomic mass is 10.00. The van der Waals surface area contributed by atoms with Crippen LogP contribution in [0.15, 0.2) is 36.5 Å². The predicted octanol–water partition coefficient (Wildman–Crippen LogP) is 1.10. The van der Waals surface area contributed by atoms with Gasteiger partial charge < -0.3 is 15.3 Å². The van der Waals surface area contributed by atoms with Crippen LogP contribution in [-0.4, -0.2) is 57.0 Å². The minimum absolute atomic E-state index is 0.114. The van der Waals surface area contributed by atoms with Crippen molar-refractivity contribution in [3.63, 3.8) is 0 Å². The van der Waals surface area contributed by atoms with Crippen molar-refractivity contribution < 1.29 is 14.7 Å². The Balaban J connectivity index is 1.62. The monoisotopic (exact) mass is 354 g/mol. The Hall–Kier alpha value is -2.80. The molecule has 0 saturated carbocycles. The van der Waals surface area contributed by atoms with E-state index in [2.05, 4.69) is 15.3 Å². The number of nitrogens with zero attached hydrogens (tertiary/aromatic N) is 3. The highest BCUT2D eigenvalue weighted by molar-refractivity contribution is 5.95. The first-order chi connectivity index (χ1) is 12.5. The molecule has 2 atom stereocenters. The van der Waals surface area contributed by atoms with Gasteiger partial charge in [0.25, 0.3) is 11.8 Å². The molecular weight excluding hydrogens is 332 g/mol. The van der Waals surface area contributed by atoms with Crippen molar-refractivity contribution in [3.05, 3.63) is 59.2 Å². The molecule has 1 aromatic carbocycles. The number of carbonyl (C=O) groups is 2. The number of nitrogens with one attached hydrogen (secondary N) is 1. The van der Waals surface area contributed by atoms with Crippen LogP contribution in [0.1, 0.15) is 38.7 Å². The Kier molecular flexibility index (Phi) is 5.27. The number of aryl methyl sites for hydroxylation is 2. The average Bonchev–Trinajstić information content (AvgIpc) is 2.63. The largest absolute Gasteiger partial charge is 0.389 e. The maximum atomic E-state index is 12.5. The number of aromatic nitrogens is 2. The maximum absolute atomic E-state index is 12.5. The minimum Gasteiger partial charge on any atom is -0.389 e. The van der Waals surface area contributed by atoms with Crippen LogP contribution in [0.2, 0.25) is 0 Å². The summed E-state index contributed by atoms with van der Waals surface area (Å²) in [6.07, 6.45) is 1.15. The predicted molar refractivity (Wildman–Crippen MR) is 95.7 cm³/mol. The Labute approximate surface area is 152 Å². The summed E-state index contributed by atoms with van der Waals surface area (Å²) in [5.41, 5.74) is 1.58. The van der Waals surface area contributed by atoms with E-state index < -0.39 is 12.1 Å². The van der Waals surface area contributed by atoms with E-state index in [1.807, 2.05) is 18.2 Å². The number of likely N-dealkylation sites (tertiary alicyclic amines) is 1. The molecule has 7 nitrogen and oxygen atoms in total. The number of β-amino-alcohol motifs (C(OH)–C–C–N with tert-alkyl or cyclic N) is 1. The number of hydrogen-bond acceptors (Lipinski definition) is 5. The Morgan fingerprint density at radius 2 is 1.96 bits per heavy atom. The average molecular weight is 354 g/mol. The van der Waals surface area contributed by atoms with Gasteiger partial charge in [0.1, 0.15) is 5.82 Å². The van der Waals surface area contributed by atoms with Crippen molar-refractivity contribution in [2.45, 2.75) is 32.4 Å². The molecule has 1 aliphatic heterocycles. The Bertz CT molecular complexity index is 810. The highest BCUT2D eigenvalue weighted by Crippen LogP contribution is 2.16. The van der Waals surface area contributed by atoms with E-state index in [9.17, 15) is 14.7 Å². The van der Waals surface area contributed by atoms with Crippen molar-refractivity contribution in [3.8, 4) is 0 Å². The normalized spacial score (nSPS) is 19.9. The van der Waals surface area contributed by atoms with Gasteiger partial charge in [-0.25, -0.2) is 9.97 Å². The van der Waals surface area contributed by atoms with Crippen LogP contribution in [0.25, 0.3) is 0 Å². The van der Waals surface area contributed by atoms with Gasteiger partial charge in [-0.05, 0) is 32.4 Å². The zero-order valence-corrected chi connectivity index (χ0v) is 14.8. The number of aliphatic hydroxyl groups is 1. The fourth-order valence-corrected chi connectivity index (χ4v) is 3.10. The van der Waals surface area contributed by atoms with Gasteiger partial charge in [-0.3, -0.25) is 9.59 Å². The summed E-state index contributed by atoms with van der Waals surface area (Å²) in [7, 11) is 0. The zero-order valence-electron chi connectivity index (χ0n) is 14.8. The van der Waals surface area contributed by atoms with Gasteiger partial charge in [0.15, 0.2) is 0 Å². The van der Waals surface area contributed by atoms with Crippen molar-refractivity contribution in [1.29, 1.82) is 0 Å². The first-order valence-electron chi connectivity index (χ1n) is 8.59. The molecule has 1 aliphatic rings. The number of amides is 2. The summed E-state index contributed by atoms with van der Waals surface area (Å²) in [6, 6.07) is 8.56. The van der Waals surface area contributed by atoms with Crippen LogP contribution < -0.4 is 5.32 Å². The molecule has 0 spiro atoms. The molecule has 0 radical (unpaired) electrons. The summed E-state index contributed by atoms with van der Waals surface area (Å²) in [5.74, 6) is 0.179. The van der Waals surface area contributed by atoms with E-state index in [-0.39, 0.29) is 18.4 Å². The van der Waals surface area contributed by atoms with Crippen molar-refractivity contribution >= 4 is 11.8 Å². The number of carbonyl (C=O) groups excluding carboxylic acids is 2. The minimum atomic E-state index is -0.827. The van der Waals surface area contributed by atoms with E-state index in [0.717, 1.165) is 0 Å². The Morgan fingerprint density at radius 3 is 2.62 bits per heavy atom. The van der Waals surface area contributed by atoms with Gasteiger partial charge in [-0.1, -0.05) is 18.2 Å². The molecule has 2 aromatic rings. The lowest BCUT2D eigenvalue weighted by Crippen LogP contribution is -2.55. The molecule has 136 valence electrons. The molecule has 0 aliphatic carbocycles. The quantitative estimate of drug-likeness (QED) is 0.861. The van der Waals surface area contributed by atoms with Crippen LogP contribution in [0.3, 0.4) is 0 Å². The first-order valence-corrected chi connectivity index (χ1v) is 8.59. The topological polar surface area (TPSA) is 95.4 Å². The molecule has 0 bridgehead atoms. The third-order valence-electron chi connectivity index (χ3n) is 4.55. The lowest BCUT2D eigenvalue weighted by Gasteiger charge is -2.36. The molecule has 26 heavy (non-hydrogen) atoms. The molecule has 3 rings (SSSR count). The van der Waals surface area contributed by atoms with Gasteiger partial charge in [-0.2, -0.15) is 0 Å². The van der Waals surface area contributed by atoms with E-state index in [4.69, 9.17) is 0 Å². The standard InChI is InChI=1S/C19H22N4O3/c1-12-15(10-20-13(2)21-12)18(25)22-16-8-9-23(11-17(16)24)19(26)14-6-4-3-5-7-14/h3-7,10,16-17,24H,8-9,11H2,1-2H3,(H,22,25)/t16-,17-/m1/s1. The maximum Gasteiger partial charge on any atom is 0.255 e. The number of rotatable bonds is 3. The smallest absolute Gasteiger partial charge is 0.255 e. The van der Waals surface area contributed by atoms with Crippen LogP contribution in [-0.2, 0) is 0 Å². The van der Waals surface area contributed by atoms with Crippen LogP contribution in [0.5, 0.6) is 0 Å². The summed E-state index contributed by atoms with van der Waals surface area (Å²) in [5, 5.41) is 13.2. The van der Waals surface area contributed by atoms with Gasteiger partial charge in [-0.15, -0.1) is 0 Å². The summed E-state index contributed by atoms with van der Waals surface area (Å²) in [4.78, 5) is 34.8. The summed E-state index contributed by atoms with van der Waals surface area (Å²) >= 11 is 0. The molecule has 2 N–H and O–H groups in total. The lowest BCUT2D eigenvalue weighted by molar-refractivity contribution is 0.0314. The van der Waals surface area contributed by atoms with Crippen LogP contribution >= 0.6 is 0 Å². The Morgan fingerprint density at radius 1 is 1.23 bits per heavy atom. The zero-order chi connectivity index (χ0) is 18.7. The fraction of sp³-hybridized carbons (Fsp3) is 0.368. The van der Waals surface area contributed by atoms with E-state index in [1.54, 1.807) is 30.9 Å². The van der Waals surface area contributed by atoms with Crippen molar-refractivity contribution in [2.24, 2.45) is 0 Å².